The summed E-state index contributed by atoms with van der Waals surface area (Å²) in [6.45, 7) is 3.09. The van der Waals surface area contributed by atoms with E-state index in [1.807, 2.05) is 18.4 Å². The van der Waals surface area contributed by atoms with E-state index < -0.39 is 11.6 Å². The van der Waals surface area contributed by atoms with E-state index in [1.165, 1.54) is 10.4 Å². The standard InChI is InChI=1S/C18H23N3O3S/c1-12-4-2-3-7-18(12)16(23)21(17(24)19-18)11-15(22)20-8-5-14-13(10-20)6-9-25-14/h6,9,12H,2-5,7-8,10-11H2,1H3,(H,19,24)/t12-,18+/m0/s1. The number of amides is 4. The summed E-state index contributed by atoms with van der Waals surface area (Å²) in [5, 5.41) is 4.95. The van der Waals surface area contributed by atoms with E-state index in [-0.39, 0.29) is 24.3 Å². The van der Waals surface area contributed by atoms with Crippen LogP contribution >= 0.6 is 11.3 Å². The van der Waals surface area contributed by atoms with Gasteiger partial charge in [-0.3, -0.25) is 14.5 Å². The SMILES string of the molecule is C[C@H]1CCCC[C@@]12NC(=O)N(CC(=O)N1CCc3sccc3C1)C2=O. The molecule has 1 aliphatic carbocycles. The molecule has 1 aromatic rings. The molecule has 3 aliphatic rings. The molecule has 3 heterocycles. The molecule has 0 radical (unpaired) electrons. The number of fused-ring (bicyclic) bond motifs is 1. The van der Waals surface area contributed by atoms with Gasteiger partial charge in [0.25, 0.3) is 5.91 Å². The maximum Gasteiger partial charge on any atom is 0.325 e. The third-order valence-electron chi connectivity index (χ3n) is 5.96. The first kappa shape index (κ1) is 16.6. The fraction of sp³-hybridized carbons (Fsp3) is 0.611. The van der Waals surface area contributed by atoms with E-state index >= 15 is 0 Å². The number of rotatable bonds is 2. The van der Waals surface area contributed by atoms with E-state index in [0.717, 1.165) is 30.6 Å². The summed E-state index contributed by atoms with van der Waals surface area (Å²) in [6.07, 6.45) is 4.47. The van der Waals surface area contributed by atoms with Crippen LogP contribution in [-0.2, 0) is 22.6 Å². The maximum atomic E-state index is 13.0. The molecule has 0 unspecified atom stereocenters. The highest BCUT2D eigenvalue weighted by molar-refractivity contribution is 7.10. The maximum absolute atomic E-state index is 13.0. The molecular weight excluding hydrogens is 338 g/mol. The molecule has 2 atom stereocenters. The molecule has 0 bridgehead atoms. The van der Waals surface area contributed by atoms with Crippen LogP contribution in [0.5, 0.6) is 0 Å². The lowest BCUT2D eigenvalue weighted by molar-refractivity contribution is -0.141. The first-order valence-corrected chi connectivity index (χ1v) is 9.86. The van der Waals surface area contributed by atoms with Gasteiger partial charge in [0.2, 0.25) is 5.91 Å². The van der Waals surface area contributed by atoms with Crippen molar-refractivity contribution in [2.24, 2.45) is 5.92 Å². The largest absolute Gasteiger partial charge is 0.336 e. The van der Waals surface area contributed by atoms with Gasteiger partial charge in [-0.2, -0.15) is 0 Å². The van der Waals surface area contributed by atoms with E-state index in [2.05, 4.69) is 5.32 Å². The van der Waals surface area contributed by atoms with Gasteiger partial charge in [-0.15, -0.1) is 11.3 Å². The highest BCUT2D eigenvalue weighted by Gasteiger charge is 2.55. The van der Waals surface area contributed by atoms with Crippen molar-refractivity contribution in [3.05, 3.63) is 21.9 Å². The monoisotopic (exact) mass is 361 g/mol. The number of thiophene rings is 1. The minimum absolute atomic E-state index is 0.112. The zero-order valence-electron chi connectivity index (χ0n) is 14.4. The lowest BCUT2D eigenvalue weighted by Gasteiger charge is -2.37. The Morgan fingerprint density at radius 2 is 2.24 bits per heavy atom. The van der Waals surface area contributed by atoms with Crippen molar-refractivity contribution in [2.75, 3.05) is 13.1 Å². The molecule has 6 nitrogen and oxygen atoms in total. The number of urea groups is 1. The number of hydrogen-bond donors (Lipinski definition) is 1. The van der Waals surface area contributed by atoms with Crippen molar-refractivity contribution >= 4 is 29.2 Å². The van der Waals surface area contributed by atoms with Crippen LogP contribution in [0.1, 0.15) is 43.0 Å². The van der Waals surface area contributed by atoms with Crippen LogP contribution in [0.2, 0.25) is 0 Å². The first-order chi connectivity index (χ1) is 12.0. The van der Waals surface area contributed by atoms with Crippen LogP contribution in [0.3, 0.4) is 0 Å². The summed E-state index contributed by atoms with van der Waals surface area (Å²) in [7, 11) is 0. The van der Waals surface area contributed by atoms with Crippen LogP contribution in [0.4, 0.5) is 4.79 Å². The molecular formula is C18H23N3O3S. The molecule has 0 aromatic carbocycles. The van der Waals surface area contributed by atoms with Gasteiger partial charge in [0, 0.05) is 18.0 Å². The van der Waals surface area contributed by atoms with Gasteiger partial charge in [-0.1, -0.05) is 19.8 Å². The zero-order chi connectivity index (χ0) is 17.6. The third kappa shape index (κ3) is 2.65. The topological polar surface area (TPSA) is 69.7 Å². The van der Waals surface area contributed by atoms with Crippen molar-refractivity contribution < 1.29 is 14.4 Å². The van der Waals surface area contributed by atoms with Gasteiger partial charge < -0.3 is 10.2 Å². The Morgan fingerprint density at radius 1 is 1.40 bits per heavy atom. The third-order valence-corrected chi connectivity index (χ3v) is 6.98. The van der Waals surface area contributed by atoms with Crippen LogP contribution in [-0.4, -0.2) is 46.3 Å². The van der Waals surface area contributed by atoms with E-state index in [1.54, 1.807) is 16.2 Å². The normalized spacial score (nSPS) is 29.1. The second-order valence-corrected chi connectivity index (χ2v) is 8.37. The molecule has 1 saturated carbocycles. The van der Waals surface area contributed by atoms with Crippen molar-refractivity contribution in [1.82, 2.24) is 15.1 Å². The van der Waals surface area contributed by atoms with Crippen LogP contribution in [0.15, 0.2) is 11.4 Å². The molecule has 25 heavy (non-hydrogen) atoms. The molecule has 134 valence electrons. The Morgan fingerprint density at radius 3 is 3.04 bits per heavy atom. The highest BCUT2D eigenvalue weighted by atomic mass is 32.1. The lowest BCUT2D eigenvalue weighted by Crippen LogP contribution is -2.54. The Labute approximate surface area is 151 Å². The van der Waals surface area contributed by atoms with E-state index in [0.29, 0.717) is 19.5 Å². The Hall–Kier alpha value is -1.89. The van der Waals surface area contributed by atoms with E-state index in [4.69, 9.17) is 0 Å². The van der Waals surface area contributed by atoms with Crippen LogP contribution in [0, 0.1) is 5.92 Å². The minimum atomic E-state index is -0.794. The van der Waals surface area contributed by atoms with Gasteiger partial charge in [-0.25, -0.2) is 4.79 Å². The van der Waals surface area contributed by atoms with Crippen LogP contribution < -0.4 is 5.32 Å². The summed E-state index contributed by atoms with van der Waals surface area (Å²) in [4.78, 5) is 42.3. The lowest BCUT2D eigenvalue weighted by atomic mass is 9.73. The minimum Gasteiger partial charge on any atom is -0.336 e. The quantitative estimate of drug-likeness (QED) is 0.821. The van der Waals surface area contributed by atoms with Gasteiger partial charge >= 0.3 is 6.03 Å². The van der Waals surface area contributed by atoms with Gasteiger partial charge in [0.1, 0.15) is 12.1 Å². The molecule has 4 amide bonds. The second kappa shape index (κ2) is 6.12. The number of imide groups is 1. The molecule has 1 N–H and O–H groups in total. The van der Waals surface area contributed by atoms with Crippen molar-refractivity contribution in [3.63, 3.8) is 0 Å². The molecule has 4 rings (SSSR count). The molecule has 1 aromatic heterocycles. The average Bonchev–Trinajstić information content (AvgIpc) is 3.16. The molecule has 1 spiro atoms. The second-order valence-electron chi connectivity index (χ2n) is 7.37. The fourth-order valence-electron chi connectivity index (χ4n) is 4.34. The summed E-state index contributed by atoms with van der Waals surface area (Å²) in [6, 6.07) is 1.63. The van der Waals surface area contributed by atoms with Gasteiger partial charge in [0.05, 0.1) is 0 Å². The number of hydrogen-bond acceptors (Lipinski definition) is 4. The average molecular weight is 361 g/mol. The molecule has 1 saturated heterocycles. The molecule has 2 fully saturated rings. The Balaban J connectivity index is 1.46. The Bertz CT molecular complexity index is 731. The summed E-state index contributed by atoms with van der Waals surface area (Å²) in [5.74, 6) is -0.256. The summed E-state index contributed by atoms with van der Waals surface area (Å²) < 4.78 is 0. The van der Waals surface area contributed by atoms with Crippen LogP contribution in [0.25, 0.3) is 0 Å². The number of carbonyl (C=O) groups is 3. The number of nitrogens with one attached hydrogen (secondary N) is 1. The summed E-state index contributed by atoms with van der Waals surface area (Å²) in [5.41, 5.74) is 0.386. The van der Waals surface area contributed by atoms with Crippen molar-refractivity contribution in [3.8, 4) is 0 Å². The van der Waals surface area contributed by atoms with Crippen molar-refractivity contribution in [1.29, 1.82) is 0 Å². The number of nitrogens with zero attached hydrogens (tertiary/aromatic N) is 2. The summed E-state index contributed by atoms with van der Waals surface area (Å²) >= 11 is 1.72. The predicted octanol–water partition coefficient (Wildman–Crippen LogP) is 2.13. The number of carbonyl (C=O) groups excluding carboxylic acids is 3. The zero-order valence-corrected chi connectivity index (χ0v) is 15.2. The Kier molecular flexibility index (Phi) is 4.06. The van der Waals surface area contributed by atoms with Crippen molar-refractivity contribution in [2.45, 2.75) is 51.1 Å². The smallest absolute Gasteiger partial charge is 0.325 e. The first-order valence-electron chi connectivity index (χ1n) is 8.98. The van der Waals surface area contributed by atoms with E-state index in [9.17, 15) is 14.4 Å². The molecule has 7 heteroatoms. The van der Waals surface area contributed by atoms with Gasteiger partial charge in [0.15, 0.2) is 0 Å². The fourth-order valence-corrected chi connectivity index (χ4v) is 5.23. The van der Waals surface area contributed by atoms with Gasteiger partial charge in [-0.05, 0) is 42.2 Å². The highest BCUT2D eigenvalue weighted by Crippen LogP contribution is 2.38. The molecule has 2 aliphatic heterocycles. The predicted molar refractivity (Wildman–Crippen MR) is 94.0 cm³/mol.